The van der Waals surface area contributed by atoms with Crippen LogP contribution in [0.3, 0.4) is 0 Å². The molecule has 2 N–H and O–H groups in total. The molecule has 0 aromatic carbocycles. The van der Waals surface area contributed by atoms with Crippen LogP contribution in [0.25, 0.3) is 0 Å². The number of nitrogens with one attached hydrogen (secondary N) is 1. The van der Waals surface area contributed by atoms with Gasteiger partial charge in [0.15, 0.2) is 0 Å². The van der Waals surface area contributed by atoms with Crippen molar-refractivity contribution in [3.63, 3.8) is 0 Å². The zero-order chi connectivity index (χ0) is 13.9. The zero-order valence-corrected chi connectivity index (χ0v) is 11.7. The third-order valence-electron chi connectivity index (χ3n) is 4.49. The summed E-state index contributed by atoms with van der Waals surface area (Å²) in [4.78, 5) is 24.7. The van der Waals surface area contributed by atoms with Gasteiger partial charge in [0.25, 0.3) is 0 Å². The van der Waals surface area contributed by atoms with Crippen molar-refractivity contribution in [2.75, 3.05) is 20.1 Å². The molecule has 2 amide bonds. The highest BCUT2D eigenvalue weighted by molar-refractivity contribution is 5.80. The summed E-state index contributed by atoms with van der Waals surface area (Å²) in [6.07, 6.45) is 7.61. The molecule has 5 heteroatoms. The molecular weight excluding hydrogens is 244 g/mol. The van der Waals surface area contributed by atoms with Crippen molar-refractivity contribution >= 4 is 12.0 Å². The van der Waals surface area contributed by atoms with E-state index in [1.54, 1.807) is 11.9 Å². The number of aliphatic carboxylic acids is 1. The van der Waals surface area contributed by atoms with Crippen LogP contribution >= 0.6 is 0 Å². The number of nitrogens with zero attached hydrogens (tertiary/aromatic N) is 1. The first kappa shape index (κ1) is 14.2. The molecular formula is C14H24N2O3. The Labute approximate surface area is 114 Å². The Bertz CT molecular complexity index is 347. The van der Waals surface area contributed by atoms with Crippen molar-refractivity contribution in [2.24, 2.45) is 11.3 Å². The average molecular weight is 268 g/mol. The van der Waals surface area contributed by atoms with E-state index in [2.05, 4.69) is 5.32 Å². The van der Waals surface area contributed by atoms with Crippen LogP contribution in [-0.2, 0) is 4.79 Å². The predicted molar refractivity (Wildman–Crippen MR) is 71.9 cm³/mol. The minimum atomic E-state index is -0.789. The summed E-state index contributed by atoms with van der Waals surface area (Å²) in [5.41, 5.74) is -0.679. The number of carboxylic acids is 1. The van der Waals surface area contributed by atoms with Gasteiger partial charge in [0.05, 0.1) is 5.41 Å². The van der Waals surface area contributed by atoms with Gasteiger partial charge >= 0.3 is 12.0 Å². The largest absolute Gasteiger partial charge is 0.481 e. The summed E-state index contributed by atoms with van der Waals surface area (Å²) < 4.78 is 0. The summed E-state index contributed by atoms with van der Waals surface area (Å²) in [6.45, 7) is 1.04. The SMILES string of the molecule is CN(CC1CCCCC1)C(=O)NCC1(C(=O)O)CC1. The fraction of sp³-hybridized carbons (Fsp3) is 0.857. The molecule has 2 rings (SSSR count). The van der Waals surface area contributed by atoms with Crippen molar-refractivity contribution in [1.82, 2.24) is 10.2 Å². The number of carbonyl (C=O) groups is 2. The zero-order valence-electron chi connectivity index (χ0n) is 11.7. The van der Waals surface area contributed by atoms with Crippen LogP contribution in [-0.4, -0.2) is 42.1 Å². The Hall–Kier alpha value is -1.26. The van der Waals surface area contributed by atoms with Crippen molar-refractivity contribution in [1.29, 1.82) is 0 Å². The lowest BCUT2D eigenvalue weighted by Gasteiger charge is -2.27. The highest BCUT2D eigenvalue weighted by Crippen LogP contribution is 2.45. The molecule has 2 aliphatic carbocycles. The first-order valence-electron chi connectivity index (χ1n) is 7.26. The lowest BCUT2D eigenvalue weighted by Crippen LogP contribution is -2.43. The van der Waals surface area contributed by atoms with Crippen LogP contribution in [0.2, 0.25) is 0 Å². The van der Waals surface area contributed by atoms with E-state index in [9.17, 15) is 9.59 Å². The maximum Gasteiger partial charge on any atom is 0.317 e. The molecule has 0 spiro atoms. The maximum atomic E-state index is 11.9. The Balaban J connectivity index is 1.71. The van der Waals surface area contributed by atoms with E-state index in [0.29, 0.717) is 18.8 Å². The molecule has 2 fully saturated rings. The van der Waals surface area contributed by atoms with Crippen LogP contribution in [0.15, 0.2) is 0 Å². The molecule has 0 aliphatic heterocycles. The van der Waals surface area contributed by atoms with Crippen LogP contribution in [0.1, 0.15) is 44.9 Å². The second-order valence-electron chi connectivity index (χ2n) is 6.13. The van der Waals surface area contributed by atoms with Gasteiger partial charge in [0.2, 0.25) is 0 Å². The maximum absolute atomic E-state index is 11.9. The average Bonchev–Trinajstić information content (AvgIpc) is 3.18. The van der Waals surface area contributed by atoms with Crippen molar-refractivity contribution < 1.29 is 14.7 Å². The highest BCUT2D eigenvalue weighted by Gasteiger charge is 2.50. The normalized spacial score (nSPS) is 21.7. The van der Waals surface area contributed by atoms with Crippen LogP contribution in [0.5, 0.6) is 0 Å². The molecule has 5 nitrogen and oxygen atoms in total. The monoisotopic (exact) mass is 268 g/mol. The van der Waals surface area contributed by atoms with E-state index in [1.807, 2.05) is 0 Å². The van der Waals surface area contributed by atoms with Crippen LogP contribution in [0.4, 0.5) is 4.79 Å². The fourth-order valence-electron chi connectivity index (χ4n) is 2.84. The molecule has 2 saturated carbocycles. The van der Waals surface area contributed by atoms with Gasteiger partial charge in [-0.25, -0.2) is 4.79 Å². The Kier molecular flexibility index (Phi) is 4.32. The van der Waals surface area contributed by atoms with Crippen LogP contribution < -0.4 is 5.32 Å². The highest BCUT2D eigenvalue weighted by atomic mass is 16.4. The molecule has 0 unspecified atom stereocenters. The summed E-state index contributed by atoms with van der Waals surface area (Å²) in [6, 6.07) is -0.141. The summed E-state index contributed by atoms with van der Waals surface area (Å²) in [5.74, 6) is -0.179. The number of rotatable bonds is 5. The molecule has 19 heavy (non-hydrogen) atoms. The summed E-state index contributed by atoms with van der Waals surface area (Å²) in [5, 5.41) is 11.8. The minimum absolute atomic E-state index is 0.141. The number of hydrogen-bond donors (Lipinski definition) is 2. The molecule has 2 aliphatic rings. The second-order valence-corrected chi connectivity index (χ2v) is 6.13. The Morgan fingerprint density at radius 1 is 1.26 bits per heavy atom. The Morgan fingerprint density at radius 3 is 2.42 bits per heavy atom. The van der Waals surface area contributed by atoms with E-state index in [4.69, 9.17) is 5.11 Å². The van der Waals surface area contributed by atoms with Gasteiger partial charge in [-0.05, 0) is 31.6 Å². The number of amides is 2. The molecule has 0 aromatic rings. The van der Waals surface area contributed by atoms with Gasteiger partial charge in [-0.15, -0.1) is 0 Å². The smallest absolute Gasteiger partial charge is 0.317 e. The number of hydrogen-bond acceptors (Lipinski definition) is 2. The molecule has 0 heterocycles. The Morgan fingerprint density at radius 2 is 1.89 bits per heavy atom. The lowest BCUT2D eigenvalue weighted by atomic mass is 9.89. The van der Waals surface area contributed by atoms with Crippen LogP contribution in [0, 0.1) is 11.3 Å². The standard InChI is InChI=1S/C14H24N2O3/c1-16(9-11-5-3-2-4-6-11)13(19)15-10-14(7-8-14)12(17)18/h11H,2-10H2,1H3,(H,15,19)(H,17,18). The van der Waals surface area contributed by atoms with E-state index in [-0.39, 0.29) is 12.6 Å². The molecule has 0 radical (unpaired) electrons. The van der Waals surface area contributed by atoms with E-state index < -0.39 is 11.4 Å². The second kappa shape index (κ2) is 5.80. The van der Waals surface area contributed by atoms with E-state index >= 15 is 0 Å². The quantitative estimate of drug-likeness (QED) is 0.802. The lowest BCUT2D eigenvalue weighted by molar-refractivity contribution is -0.143. The molecule has 0 atom stereocenters. The fourth-order valence-corrected chi connectivity index (χ4v) is 2.84. The number of urea groups is 1. The third-order valence-corrected chi connectivity index (χ3v) is 4.49. The van der Waals surface area contributed by atoms with Gasteiger partial charge in [0, 0.05) is 20.1 Å². The van der Waals surface area contributed by atoms with Crippen molar-refractivity contribution in [2.45, 2.75) is 44.9 Å². The predicted octanol–water partition coefficient (Wildman–Crippen LogP) is 2.07. The first-order chi connectivity index (χ1) is 9.03. The minimum Gasteiger partial charge on any atom is -0.481 e. The number of carboxylic acid groups (broad SMARTS) is 1. The van der Waals surface area contributed by atoms with Crippen molar-refractivity contribution in [3.05, 3.63) is 0 Å². The summed E-state index contributed by atoms with van der Waals surface area (Å²) >= 11 is 0. The summed E-state index contributed by atoms with van der Waals surface area (Å²) in [7, 11) is 1.80. The molecule has 0 bridgehead atoms. The number of carbonyl (C=O) groups excluding carboxylic acids is 1. The molecule has 0 aromatic heterocycles. The van der Waals surface area contributed by atoms with E-state index in [0.717, 1.165) is 6.54 Å². The topological polar surface area (TPSA) is 69.6 Å². The van der Waals surface area contributed by atoms with Gasteiger partial charge in [-0.2, -0.15) is 0 Å². The third kappa shape index (κ3) is 3.61. The van der Waals surface area contributed by atoms with Gasteiger partial charge in [0.1, 0.15) is 0 Å². The van der Waals surface area contributed by atoms with Gasteiger partial charge in [-0.3, -0.25) is 4.79 Å². The van der Waals surface area contributed by atoms with Gasteiger partial charge in [-0.1, -0.05) is 19.3 Å². The first-order valence-corrected chi connectivity index (χ1v) is 7.26. The van der Waals surface area contributed by atoms with Crippen molar-refractivity contribution in [3.8, 4) is 0 Å². The van der Waals surface area contributed by atoms with Gasteiger partial charge < -0.3 is 15.3 Å². The molecule has 108 valence electrons. The molecule has 0 saturated heterocycles. The van der Waals surface area contributed by atoms with E-state index in [1.165, 1.54) is 32.1 Å².